The summed E-state index contributed by atoms with van der Waals surface area (Å²) in [6.45, 7) is 0. The largest absolute Gasteiger partial charge is 0.496 e. The van der Waals surface area contributed by atoms with Gasteiger partial charge >= 0.3 is 0 Å². The van der Waals surface area contributed by atoms with Crippen LogP contribution in [0.3, 0.4) is 0 Å². The Balaban J connectivity index is 2.92. The zero-order valence-corrected chi connectivity index (χ0v) is 10.6. The van der Waals surface area contributed by atoms with Gasteiger partial charge in [0.25, 0.3) is 0 Å². The van der Waals surface area contributed by atoms with E-state index in [4.69, 9.17) is 4.74 Å². The summed E-state index contributed by atoms with van der Waals surface area (Å²) in [6.07, 6.45) is 1.76. The molecule has 72 valence electrons. The van der Waals surface area contributed by atoms with Gasteiger partial charge in [-0.15, -0.1) is 0 Å². The van der Waals surface area contributed by atoms with E-state index in [0.29, 0.717) is 0 Å². The molecule has 0 aliphatic carbocycles. The van der Waals surface area contributed by atoms with Crippen LogP contribution in [0.4, 0.5) is 0 Å². The highest BCUT2D eigenvalue weighted by Crippen LogP contribution is 2.34. The molecule has 1 aromatic heterocycles. The van der Waals surface area contributed by atoms with E-state index in [0.717, 1.165) is 25.6 Å². The Bertz CT molecular complexity index is 485. The van der Waals surface area contributed by atoms with Gasteiger partial charge < -0.3 is 4.74 Å². The minimum atomic E-state index is 0.828. The van der Waals surface area contributed by atoms with Crippen LogP contribution in [-0.4, -0.2) is 12.1 Å². The third-order valence-corrected chi connectivity index (χ3v) is 3.23. The van der Waals surface area contributed by atoms with E-state index in [1.165, 1.54) is 0 Å². The summed E-state index contributed by atoms with van der Waals surface area (Å²) >= 11 is 6.87. The molecule has 0 atom stereocenters. The van der Waals surface area contributed by atoms with Crippen LogP contribution >= 0.6 is 31.9 Å². The molecule has 0 fully saturated rings. The van der Waals surface area contributed by atoms with Crippen LogP contribution in [0.15, 0.2) is 33.5 Å². The number of nitrogens with zero attached hydrogens (tertiary/aromatic N) is 1. The summed E-state index contributed by atoms with van der Waals surface area (Å²) in [4.78, 5) is 4.20. The van der Waals surface area contributed by atoms with E-state index in [2.05, 4.69) is 36.8 Å². The summed E-state index contributed by atoms with van der Waals surface area (Å²) in [5, 5.41) is 2.08. The smallest absolute Gasteiger partial charge is 0.127 e. The topological polar surface area (TPSA) is 22.1 Å². The molecule has 2 rings (SSSR count). The van der Waals surface area contributed by atoms with Crippen LogP contribution in [0, 0.1) is 0 Å². The van der Waals surface area contributed by atoms with Crippen molar-refractivity contribution in [1.29, 1.82) is 0 Å². The van der Waals surface area contributed by atoms with Crippen LogP contribution in [-0.2, 0) is 0 Å². The van der Waals surface area contributed by atoms with E-state index in [9.17, 15) is 0 Å². The minimum absolute atomic E-state index is 0.828. The zero-order chi connectivity index (χ0) is 10.1. The fourth-order valence-electron chi connectivity index (χ4n) is 1.37. The molecule has 2 nitrogen and oxygen atoms in total. The molecule has 0 saturated heterocycles. The Kier molecular flexibility index (Phi) is 2.74. The van der Waals surface area contributed by atoms with E-state index in [-0.39, 0.29) is 0 Å². The molecular formula is C10H7Br2NO. The third-order valence-electron chi connectivity index (χ3n) is 2.00. The maximum Gasteiger partial charge on any atom is 0.127 e. The molecule has 0 saturated carbocycles. The Labute approximate surface area is 98.5 Å². The summed E-state index contributed by atoms with van der Waals surface area (Å²) in [5.41, 5.74) is 0. The van der Waals surface area contributed by atoms with Crippen molar-refractivity contribution in [2.75, 3.05) is 7.11 Å². The van der Waals surface area contributed by atoms with Gasteiger partial charge in [0.1, 0.15) is 10.4 Å². The highest BCUT2D eigenvalue weighted by molar-refractivity contribution is 9.11. The maximum absolute atomic E-state index is 5.28. The lowest BCUT2D eigenvalue weighted by atomic mass is 10.1. The average Bonchev–Trinajstić information content (AvgIpc) is 2.23. The number of hydrogen-bond donors (Lipinski definition) is 0. The van der Waals surface area contributed by atoms with Crippen LogP contribution in [0.25, 0.3) is 10.8 Å². The monoisotopic (exact) mass is 315 g/mol. The highest BCUT2D eigenvalue weighted by atomic mass is 79.9. The Morgan fingerprint density at radius 3 is 2.79 bits per heavy atom. The molecule has 0 spiro atoms. The standard InChI is InChI=1S/C10H7Br2NO/c1-14-8-4-2-3-6-9(8)7(11)5-13-10(6)12/h2-5H,1H3. The van der Waals surface area contributed by atoms with Crippen LogP contribution in [0.5, 0.6) is 5.75 Å². The van der Waals surface area contributed by atoms with Crippen molar-refractivity contribution in [3.05, 3.63) is 33.5 Å². The third kappa shape index (κ3) is 1.53. The van der Waals surface area contributed by atoms with Crippen LogP contribution in [0.2, 0.25) is 0 Å². The number of fused-ring (bicyclic) bond motifs is 1. The number of halogens is 2. The average molecular weight is 317 g/mol. The maximum atomic E-state index is 5.28. The Morgan fingerprint density at radius 1 is 1.29 bits per heavy atom. The number of pyridine rings is 1. The molecule has 1 aromatic carbocycles. The van der Waals surface area contributed by atoms with Crippen molar-refractivity contribution in [1.82, 2.24) is 4.98 Å². The fraction of sp³-hybridized carbons (Fsp3) is 0.100. The predicted octanol–water partition coefficient (Wildman–Crippen LogP) is 3.77. The van der Waals surface area contributed by atoms with Crippen LogP contribution in [0.1, 0.15) is 0 Å². The molecule has 0 aliphatic heterocycles. The van der Waals surface area contributed by atoms with Gasteiger partial charge in [-0.2, -0.15) is 0 Å². The van der Waals surface area contributed by atoms with Gasteiger partial charge in [0.05, 0.1) is 7.11 Å². The molecule has 0 unspecified atom stereocenters. The minimum Gasteiger partial charge on any atom is -0.496 e. The first-order valence-corrected chi connectivity index (χ1v) is 5.59. The molecular weight excluding hydrogens is 310 g/mol. The quantitative estimate of drug-likeness (QED) is 0.747. The SMILES string of the molecule is COc1cccc2c(Br)ncc(Br)c12. The van der Waals surface area contributed by atoms with Crippen molar-refractivity contribution in [3.63, 3.8) is 0 Å². The predicted molar refractivity (Wildman–Crippen MR) is 63.7 cm³/mol. The first-order valence-electron chi connectivity index (χ1n) is 4.00. The van der Waals surface area contributed by atoms with Crippen molar-refractivity contribution in [3.8, 4) is 5.75 Å². The molecule has 0 amide bonds. The van der Waals surface area contributed by atoms with Gasteiger partial charge in [-0.1, -0.05) is 12.1 Å². The Morgan fingerprint density at radius 2 is 2.07 bits per heavy atom. The zero-order valence-electron chi connectivity index (χ0n) is 7.42. The molecule has 2 aromatic rings. The van der Waals surface area contributed by atoms with Crippen molar-refractivity contribution in [2.45, 2.75) is 0 Å². The second-order valence-electron chi connectivity index (χ2n) is 2.78. The highest BCUT2D eigenvalue weighted by Gasteiger charge is 2.08. The number of rotatable bonds is 1. The van der Waals surface area contributed by atoms with Gasteiger partial charge in [-0.25, -0.2) is 4.98 Å². The number of ether oxygens (including phenoxy) is 1. The molecule has 0 N–H and O–H groups in total. The lowest BCUT2D eigenvalue weighted by molar-refractivity contribution is 0.419. The van der Waals surface area contributed by atoms with Crippen LogP contribution < -0.4 is 4.74 Å². The van der Waals surface area contributed by atoms with Gasteiger partial charge in [0, 0.05) is 21.4 Å². The summed E-state index contributed by atoms with van der Waals surface area (Å²) in [6, 6.07) is 5.87. The van der Waals surface area contributed by atoms with Gasteiger partial charge in [-0.05, 0) is 37.9 Å². The first kappa shape index (κ1) is 9.93. The van der Waals surface area contributed by atoms with E-state index in [1.807, 2.05) is 18.2 Å². The van der Waals surface area contributed by atoms with Crippen molar-refractivity contribution < 1.29 is 4.74 Å². The molecule has 0 aliphatic rings. The normalized spacial score (nSPS) is 10.5. The summed E-state index contributed by atoms with van der Waals surface area (Å²) < 4.78 is 7.05. The first-order chi connectivity index (χ1) is 6.74. The van der Waals surface area contributed by atoms with Gasteiger partial charge in [0.2, 0.25) is 0 Å². The van der Waals surface area contributed by atoms with Gasteiger partial charge in [0.15, 0.2) is 0 Å². The van der Waals surface area contributed by atoms with Crippen molar-refractivity contribution in [2.24, 2.45) is 0 Å². The second kappa shape index (κ2) is 3.87. The second-order valence-corrected chi connectivity index (χ2v) is 4.39. The lowest BCUT2D eigenvalue weighted by Gasteiger charge is -2.07. The molecule has 4 heteroatoms. The number of methoxy groups -OCH3 is 1. The number of hydrogen-bond acceptors (Lipinski definition) is 2. The summed E-state index contributed by atoms with van der Waals surface area (Å²) in [7, 11) is 1.66. The molecule has 0 radical (unpaired) electrons. The molecule has 0 bridgehead atoms. The lowest BCUT2D eigenvalue weighted by Crippen LogP contribution is -1.87. The van der Waals surface area contributed by atoms with E-state index < -0.39 is 0 Å². The number of benzene rings is 1. The molecule has 14 heavy (non-hydrogen) atoms. The van der Waals surface area contributed by atoms with E-state index in [1.54, 1.807) is 13.3 Å². The summed E-state index contributed by atoms with van der Waals surface area (Å²) in [5.74, 6) is 0.845. The van der Waals surface area contributed by atoms with E-state index >= 15 is 0 Å². The fourth-order valence-corrected chi connectivity index (χ4v) is 2.31. The molecule has 1 heterocycles. The number of aromatic nitrogens is 1. The van der Waals surface area contributed by atoms with Gasteiger partial charge in [-0.3, -0.25) is 0 Å². The van der Waals surface area contributed by atoms with Crippen molar-refractivity contribution >= 4 is 42.6 Å². The Hall–Kier alpha value is -0.610.